The molecular weight excluding hydrogens is 292 g/mol. The summed E-state index contributed by atoms with van der Waals surface area (Å²) in [6, 6.07) is 22.1. The summed E-state index contributed by atoms with van der Waals surface area (Å²) in [5.74, 6) is 0. The van der Waals surface area contributed by atoms with Crippen LogP contribution in [0.4, 0.5) is 0 Å². The summed E-state index contributed by atoms with van der Waals surface area (Å²) in [6.45, 7) is 7.74. The molecule has 0 aliphatic carbocycles. The summed E-state index contributed by atoms with van der Waals surface area (Å²) in [6.07, 6.45) is 3.42. The molecule has 1 aliphatic rings. The largest absolute Gasteiger partial charge is 0.330 e. The third kappa shape index (κ3) is 3.26. The van der Waals surface area contributed by atoms with Gasteiger partial charge in [0.05, 0.1) is 5.54 Å². The smallest absolute Gasteiger partial charge is 0.0720 e. The third-order valence-corrected chi connectivity index (χ3v) is 5.47. The van der Waals surface area contributed by atoms with E-state index in [1.807, 2.05) is 0 Å². The maximum Gasteiger partial charge on any atom is 0.0720 e. The van der Waals surface area contributed by atoms with Crippen molar-refractivity contribution in [2.24, 2.45) is 11.1 Å². The maximum atomic E-state index is 5.84. The monoisotopic (exact) mass is 322 g/mol. The topological polar surface area (TPSA) is 29.3 Å². The lowest BCUT2D eigenvalue weighted by molar-refractivity contribution is 0.0122. The molecule has 0 amide bonds. The summed E-state index contributed by atoms with van der Waals surface area (Å²) in [7, 11) is 0. The maximum absolute atomic E-state index is 5.84. The molecule has 1 saturated heterocycles. The second-order valence-corrected chi connectivity index (χ2v) is 7.81. The predicted octanol–water partition coefficient (Wildman–Crippen LogP) is 4.40. The van der Waals surface area contributed by atoms with Crippen molar-refractivity contribution in [2.45, 2.75) is 38.6 Å². The van der Waals surface area contributed by atoms with E-state index in [4.69, 9.17) is 5.73 Å². The standard InChI is InChI=1S/C22H30N2/c1-21(2)14-17-24(16-9-15-23)22(18-21,19-10-5-3-6-11-19)20-12-7-4-8-13-20/h3-8,10-13H,9,14-18,23H2,1-2H3. The van der Waals surface area contributed by atoms with Gasteiger partial charge in [0.15, 0.2) is 0 Å². The van der Waals surface area contributed by atoms with Crippen molar-refractivity contribution >= 4 is 0 Å². The van der Waals surface area contributed by atoms with Gasteiger partial charge in [-0.05, 0) is 48.9 Å². The molecule has 2 aromatic rings. The lowest BCUT2D eigenvalue weighted by Crippen LogP contribution is -2.54. The number of hydrogen-bond donors (Lipinski definition) is 1. The van der Waals surface area contributed by atoms with Crippen LogP contribution in [0.25, 0.3) is 0 Å². The molecule has 0 atom stereocenters. The van der Waals surface area contributed by atoms with Gasteiger partial charge >= 0.3 is 0 Å². The highest BCUT2D eigenvalue weighted by Crippen LogP contribution is 2.49. The van der Waals surface area contributed by atoms with Gasteiger partial charge in [0.25, 0.3) is 0 Å². The molecule has 0 saturated carbocycles. The Hall–Kier alpha value is -1.64. The average Bonchev–Trinajstić information content (AvgIpc) is 2.61. The summed E-state index contributed by atoms with van der Waals surface area (Å²) >= 11 is 0. The molecule has 1 heterocycles. The second-order valence-electron chi connectivity index (χ2n) is 7.81. The highest BCUT2D eigenvalue weighted by atomic mass is 15.2. The first-order valence-corrected chi connectivity index (χ1v) is 9.15. The van der Waals surface area contributed by atoms with Gasteiger partial charge in [-0.25, -0.2) is 0 Å². The Morgan fingerprint density at radius 2 is 1.46 bits per heavy atom. The van der Waals surface area contributed by atoms with E-state index < -0.39 is 0 Å². The van der Waals surface area contributed by atoms with Crippen molar-refractivity contribution < 1.29 is 0 Å². The molecule has 128 valence electrons. The van der Waals surface area contributed by atoms with Crippen molar-refractivity contribution in [1.82, 2.24) is 4.90 Å². The normalized spacial score (nSPS) is 20.0. The molecule has 2 nitrogen and oxygen atoms in total. The van der Waals surface area contributed by atoms with Crippen molar-refractivity contribution in [3.8, 4) is 0 Å². The molecule has 0 spiro atoms. The first kappa shape index (κ1) is 17.2. The summed E-state index contributed by atoms with van der Waals surface area (Å²) in [5.41, 5.74) is 8.91. The highest BCUT2D eigenvalue weighted by Gasteiger charge is 2.47. The first-order chi connectivity index (χ1) is 11.6. The zero-order valence-corrected chi connectivity index (χ0v) is 15.0. The number of hydrogen-bond acceptors (Lipinski definition) is 2. The minimum Gasteiger partial charge on any atom is -0.330 e. The fourth-order valence-electron chi connectivity index (χ4n) is 4.27. The molecule has 0 radical (unpaired) electrons. The van der Waals surface area contributed by atoms with Crippen LogP contribution in [-0.2, 0) is 5.54 Å². The van der Waals surface area contributed by atoms with Gasteiger partial charge < -0.3 is 5.73 Å². The molecule has 0 bridgehead atoms. The van der Waals surface area contributed by atoms with E-state index >= 15 is 0 Å². The van der Waals surface area contributed by atoms with E-state index in [-0.39, 0.29) is 5.54 Å². The van der Waals surface area contributed by atoms with Crippen molar-refractivity contribution in [2.75, 3.05) is 19.6 Å². The van der Waals surface area contributed by atoms with Gasteiger partial charge in [0.1, 0.15) is 0 Å². The fourth-order valence-corrected chi connectivity index (χ4v) is 4.27. The Morgan fingerprint density at radius 1 is 0.917 bits per heavy atom. The Bertz CT molecular complexity index is 594. The van der Waals surface area contributed by atoms with Crippen LogP contribution < -0.4 is 5.73 Å². The third-order valence-electron chi connectivity index (χ3n) is 5.47. The van der Waals surface area contributed by atoms with E-state index in [2.05, 4.69) is 79.4 Å². The summed E-state index contributed by atoms with van der Waals surface area (Å²) < 4.78 is 0. The molecule has 0 unspecified atom stereocenters. The van der Waals surface area contributed by atoms with Gasteiger partial charge in [0.2, 0.25) is 0 Å². The Morgan fingerprint density at radius 3 is 1.96 bits per heavy atom. The van der Waals surface area contributed by atoms with Crippen LogP contribution in [0.2, 0.25) is 0 Å². The van der Waals surface area contributed by atoms with Crippen LogP contribution >= 0.6 is 0 Å². The molecule has 2 N–H and O–H groups in total. The number of likely N-dealkylation sites (tertiary alicyclic amines) is 1. The SMILES string of the molecule is CC1(C)CCN(CCCN)C(c2ccccc2)(c2ccccc2)C1. The number of rotatable bonds is 5. The van der Waals surface area contributed by atoms with E-state index in [9.17, 15) is 0 Å². The lowest BCUT2D eigenvalue weighted by atomic mass is 9.66. The Kier molecular flexibility index (Phi) is 5.07. The van der Waals surface area contributed by atoms with Crippen LogP contribution in [0.15, 0.2) is 60.7 Å². The van der Waals surface area contributed by atoms with Gasteiger partial charge in [-0.1, -0.05) is 74.5 Å². The van der Waals surface area contributed by atoms with E-state index in [1.165, 1.54) is 17.5 Å². The van der Waals surface area contributed by atoms with Gasteiger partial charge in [-0.2, -0.15) is 0 Å². The number of benzene rings is 2. The Labute approximate surface area is 146 Å². The zero-order valence-electron chi connectivity index (χ0n) is 15.0. The lowest BCUT2D eigenvalue weighted by Gasteiger charge is -2.53. The van der Waals surface area contributed by atoms with Crippen LogP contribution in [-0.4, -0.2) is 24.5 Å². The predicted molar refractivity (Wildman–Crippen MR) is 102 cm³/mol. The van der Waals surface area contributed by atoms with Crippen molar-refractivity contribution in [3.63, 3.8) is 0 Å². The van der Waals surface area contributed by atoms with Crippen LogP contribution in [0.1, 0.15) is 44.2 Å². The highest BCUT2D eigenvalue weighted by molar-refractivity contribution is 5.39. The number of nitrogens with two attached hydrogens (primary N) is 1. The molecular formula is C22H30N2. The van der Waals surface area contributed by atoms with Crippen LogP contribution in [0.3, 0.4) is 0 Å². The zero-order chi connectivity index (χ0) is 17.0. The fraction of sp³-hybridized carbons (Fsp3) is 0.455. The van der Waals surface area contributed by atoms with E-state index in [0.29, 0.717) is 5.41 Å². The van der Waals surface area contributed by atoms with Crippen LogP contribution in [0, 0.1) is 5.41 Å². The van der Waals surface area contributed by atoms with Gasteiger partial charge in [0, 0.05) is 6.54 Å². The minimum absolute atomic E-state index is 0.0561. The van der Waals surface area contributed by atoms with Gasteiger partial charge in [-0.3, -0.25) is 4.90 Å². The van der Waals surface area contributed by atoms with E-state index in [1.54, 1.807) is 0 Å². The second kappa shape index (κ2) is 7.08. The number of piperidine rings is 1. The van der Waals surface area contributed by atoms with Crippen LogP contribution in [0.5, 0.6) is 0 Å². The van der Waals surface area contributed by atoms with Crippen molar-refractivity contribution in [1.29, 1.82) is 0 Å². The average molecular weight is 322 g/mol. The first-order valence-electron chi connectivity index (χ1n) is 9.15. The molecule has 2 heteroatoms. The molecule has 24 heavy (non-hydrogen) atoms. The molecule has 1 fully saturated rings. The van der Waals surface area contributed by atoms with E-state index in [0.717, 1.165) is 32.5 Å². The molecule has 0 aromatic heterocycles. The minimum atomic E-state index is -0.0561. The molecule has 3 rings (SSSR count). The quantitative estimate of drug-likeness (QED) is 0.884. The van der Waals surface area contributed by atoms with Gasteiger partial charge in [-0.15, -0.1) is 0 Å². The molecule has 1 aliphatic heterocycles. The Balaban J connectivity index is 2.15. The molecule has 2 aromatic carbocycles. The summed E-state index contributed by atoms with van der Waals surface area (Å²) in [4.78, 5) is 2.68. The summed E-state index contributed by atoms with van der Waals surface area (Å²) in [5, 5.41) is 0. The number of nitrogens with zero attached hydrogens (tertiary/aromatic N) is 1. The van der Waals surface area contributed by atoms with Crippen molar-refractivity contribution in [3.05, 3.63) is 71.8 Å².